The summed E-state index contributed by atoms with van der Waals surface area (Å²) in [5.74, 6) is 0.206. The molecule has 0 spiro atoms. The van der Waals surface area contributed by atoms with Crippen molar-refractivity contribution in [1.29, 1.82) is 0 Å². The van der Waals surface area contributed by atoms with E-state index in [0.717, 1.165) is 32.3 Å². The maximum atomic E-state index is 12.8. The molecular weight excluding hydrogens is 412 g/mol. The molecule has 3 aromatic rings. The maximum Gasteiger partial charge on any atom is 0.261 e. The standard InChI is InChI=1S/C20H18N2O3S3/c1-12-9-16-17(21-20(26)25-12)10-14(13-4-6-15(23)7-5-13)11-18(16)22-28(24)19-3-2-8-27-19/h2-8,10-12,22-23H,9H2,1H3,(H,21,26). The van der Waals surface area contributed by atoms with Gasteiger partial charge in [-0.25, -0.2) is 4.21 Å². The Bertz CT molecular complexity index is 1030. The monoisotopic (exact) mass is 430 g/mol. The highest BCUT2D eigenvalue weighted by atomic mass is 32.2. The van der Waals surface area contributed by atoms with Crippen LogP contribution in [0.2, 0.25) is 0 Å². The molecule has 0 fully saturated rings. The molecule has 0 bridgehead atoms. The largest absolute Gasteiger partial charge is 0.508 e. The van der Waals surface area contributed by atoms with Gasteiger partial charge in [-0.3, -0.25) is 0 Å². The lowest BCUT2D eigenvalue weighted by Crippen LogP contribution is -2.17. The van der Waals surface area contributed by atoms with Gasteiger partial charge in [-0.05, 0) is 66.0 Å². The molecule has 0 aliphatic carbocycles. The summed E-state index contributed by atoms with van der Waals surface area (Å²) < 4.78 is 22.4. The summed E-state index contributed by atoms with van der Waals surface area (Å²) in [5.41, 5.74) is 4.40. The van der Waals surface area contributed by atoms with Crippen LogP contribution in [0.1, 0.15) is 12.5 Å². The minimum atomic E-state index is -1.37. The van der Waals surface area contributed by atoms with Gasteiger partial charge in [-0.1, -0.05) is 18.2 Å². The van der Waals surface area contributed by atoms with E-state index in [1.54, 1.807) is 12.1 Å². The van der Waals surface area contributed by atoms with Crippen LogP contribution in [0.4, 0.5) is 11.4 Å². The topological polar surface area (TPSA) is 70.6 Å². The average Bonchev–Trinajstić information content (AvgIpc) is 3.14. The summed E-state index contributed by atoms with van der Waals surface area (Å²) in [5, 5.41) is 14.9. The molecule has 1 aliphatic heterocycles. The predicted octanol–water partition coefficient (Wildman–Crippen LogP) is 4.91. The zero-order valence-electron chi connectivity index (χ0n) is 15.0. The van der Waals surface area contributed by atoms with Crippen LogP contribution in [0.3, 0.4) is 0 Å². The van der Waals surface area contributed by atoms with Gasteiger partial charge in [0.25, 0.3) is 5.17 Å². The normalized spacial score (nSPS) is 17.0. The van der Waals surface area contributed by atoms with Crippen molar-refractivity contribution in [3.05, 3.63) is 59.5 Å². The fourth-order valence-electron chi connectivity index (χ4n) is 3.09. The predicted molar refractivity (Wildman–Crippen MR) is 118 cm³/mol. The second-order valence-electron chi connectivity index (χ2n) is 6.44. The fourth-order valence-corrected chi connectivity index (χ4v) is 5.13. The highest BCUT2D eigenvalue weighted by Gasteiger charge is 2.22. The molecular formula is C20H18N2O3S3. The zero-order chi connectivity index (χ0) is 19.7. The number of thiocarbonyl (C=S) groups is 1. The van der Waals surface area contributed by atoms with E-state index in [4.69, 9.17) is 17.0 Å². The molecule has 144 valence electrons. The minimum absolute atomic E-state index is 0.100. The first-order chi connectivity index (χ1) is 13.5. The van der Waals surface area contributed by atoms with Gasteiger partial charge in [0.05, 0.1) is 5.69 Å². The molecule has 0 saturated heterocycles. The number of benzene rings is 2. The van der Waals surface area contributed by atoms with Crippen LogP contribution in [0.5, 0.6) is 5.75 Å². The fraction of sp³-hybridized carbons (Fsp3) is 0.150. The van der Waals surface area contributed by atoms with Crippen LogP contribution in [0.15, 0.2) is 58.1 Å². The first kappa shape index (κ1) is 18.9. The first-order valence-corrected chi connectivity index (χ1v) is 11.1. The molecule has 2 unspecified atom stereocenters. The van der Waals surface area contributed by atoms with E-state index >= 15 is 0 Å². The molecule has 2 aromatic carbocycles. The van der Waals surface area contributed by atoms with Gasteiger partial charge < -0.3 is 19.9 Å². The van der Waals surface area contributed by atoms with E-state index in [-0.39, 0.29) is 11.9 Å². The van der Waals surface area contributed by atoms with Gasteiger partial charge in [0.2, 0.25) is 0 Å². The quantitative estimate of drug-likeness (QED) is 0.513. The van der Waals surface area contributed by atoms with Gasteiger partial charge in [0.15, 0.2) is 11.0 Å². The van der Waals surface area contributed by atoms with Crippen molar-refractivity contribution in [2.75, 3.05) is 10.0 Å². The molecule has 28 heavy (non-hydrogen) atoms. The van der Waals surface area contributed by atoms with E-state index in [1.807, 2.05) is 48.7 Å². The number of nitrogens with one attached hydrogen (secondary N) is 2. The van der Waals surface area contributed by atoms with Crippen molar-refractivity contribution >= 4 is 51.1 Å². The third kappa shape index (κ3) is 4.04. The lowest BCUT2D eigenvalue weighted by Gasteiger charge is -2.17. The Hall–Kier alpha value is -2.42. The SMILES string of the molecule is CC1Cc2c(cc(-c3ccc(O)cc3)cc2NS(=O)c2cccs2)NC(=S)O1. The molecule has 2 heterocycles. The Kier molecular flexibility index (Phi) is 5.34. The summed E-state index contributed by atoms with van der Waals surface area (Å²) in [7, 11) is -1.37. The Morgan fingerprint density at radius 3 is 2.75 bits per heavy atom. The molecule has 1 aliphatic rings. The molecule has 1 aromatic heterocycles. The van der Waals surface area contributed by atoms with Crippen LogP contribution in [-0.2, 0) is 22.1 Å². The van der Waals surface area contributed by atoms with Crippen LogP contribution in [0.25, 0.3) is 11.1 Å². The molecule has 0 saturated carbocycles. The molecule has 5 nitrogen and oxygen atoms in total. The second kappa shape index (κ2) is 7.90. The minimum Gasteiger partial charge on any atom is -0.508 e. The average molecular weight is 431 g/mol. The molecule has 2 atom stereocenters. The third-order valence-electron chi connectivity index (χ3n) is 4.37. The van der Waals surface area contributed by atoms with Crippen LogP contribution >= 0.6 is 23.6 Å². The van der Waals surface area contributed by atoms with Crippen molar-refractivity contribution in [2.24, 2.45) is 0 Å². The lowest BCUT2D eigenvalue weighted by atomic mass is 9.98. The highest BCUT2D eigenvalue weighted by Crippen LogP contribution is 2.36. The van der Waals surface area contributed by atoms with E-state index in [9.17, 15) is 9.32 Å². The highest BCUT2D eigenvalue weighted by molar-refractivity contribution is 7.88. The molecule has 8 heteroatoms. The Morgan fingerprint density at radius 1 is 1.25 bits per heavy atom. The van der Waals surface area contributed by atoms with E-state index in [2.05, 4.69) is 10.0 Å². The summed E-state index contributed by atoms with van der Waals surface area (Å²) >= 11 is 6.72. The molecule has 0 amide bonds. The smallest absolute Gasteiger partial charge is 0.261 e. The summed E-state index contributed by atoms with van der Waals surface area (Å²) in [6.07, 6.45) is 0.527. The van der Waals surface area contributed by atoms with Crippen LogP contribution < -0.4 is 10.0 Å². The maximum absolute atomic E-state index is 12.8. The van der Waals surface area contributed by atoms with Crippen molar-refractivity contribution in [3.63, 3.8) is 0 Å². The summed E-state index contributed by atoms with van der Waals surface area (Å²) in [6, 6.07) is 14.6. The van der Waals surface area contributed by atoms with Gasteiger partial charge in [-0.15, -0.1) is 11.3 Å². The van der Waals surface area contributed by atoms with Crippen LogP contribution in [0, 0.1) is 0 Å². The molecule has 4 rings (SSSR count). The summed E-state index contributed by atoms with van der Waals surface area (Å²) in [6.45, 7) is 1.96. The number of phenolic OH excluding ortho intramolecular Hbond substituents is 1. The third-order valence-corrected chi connectivity index (χ3v) is 6.88. The lowest BCUT2D eigenvalue weighted by molar-refractivity contribution is 0.217. The number of aromatic hydroxyl groups is 1. The van der Waals surface area contributed by atoms with Crippen molar-refractivity contribution < 1.29 is 14.1 Å². The van der Waals surface area contributed by atoms with Gasteiger partial charge in [0, 0.05) is 17.7 Å². The van der Waals surface area contributed by atoms with E-state index < -0.39 is 11.0 Å². The Labute approximate surface area is 175 Å². The van der Waals surface area contributed by atoms with Crippen molar-refractivity contribution in [3.8, 4) is 16.9 Å². The number of ether oxygens (including phenoxy) is 1. The number of hydrogen-bond donors (Lipinski definition) is 3. The number of phenols is 1. The number of hydrogen-bond acceptors (Lipinski definition) is 5. The van der Waals surface area contributed by atoms with Gasteiger partial charge >= 0.3 is 0 Å². The number of rotatable bonds is 4. The molecule has 0 radical (unpaired) electrons. The number of thiophene rings is 1. The molecule has 3 N–H and O–H groups in total. The van der Waals surface area contributed by atoms with E-state index in [0.29, 0.717) is 11.6 Å². The van der Waals surface area contributed by atoms with Gasteiger partial charge in [0.1, 0.15) is 16.1 Å². The number of anilines is 2. The van der Waals surface area contributed by atoms with Crippen molar-refractivity contribution in [1.82, 2.24) is 0 Å². The first-order valence-electron chi connectivity index (χ1n) is 8.65. The Balaban J connectivity index is 1.80. The number of fused-ring (bicyclic) bond motifs is 1. The van der Waals surface area contributed by atoms with Crippen LogP contribution in [-0.4, -0.2) is 20.6 Å². The van der Waals surface area contributed by atoms with Gasteiger partial charge in [-0.2, -0.15) is 0 Å². The Morgan fingerprint density at radius 2 is 2.04 bits per heavy atom. The van der Waals surface area contributed by atoms with Crippen molar-refractivity contribution in [2.45, 2.75) is 23.7 Å². The second-order valence-corrected chi connectivity index (χ2v) is 9.20. The van der Waals surface area contributed by atoms with E-state index in [1.165, 1.54) is 11.3 Å². The summed E-state index contributed by atoms with van der Waals surface area (Å²) in [4.78, 5) is 0. The zero-order valence-corrected chi connectivity index (χ0v) is 17.4.